The Balaban J connectivity index is 1.81. The highest BCUT2D eigenvalue weighted by Gasteiger charge is 2.25. The summed E-state index contributed by atoms with van der Waals surface area (Å²) >= 11 is 0. The van der Waals surface area contributed by atoms with Crippen molar-refractivity contribution in [1.29, 1.82) is 0 Å². The van der Waals surface area contributed by atoms with Crippen molar-refractivity contribution < 1.29 is 9.90 Å². The summed E-state index contributed by atoms with van der Waals surface area (Å²) in [5, 5.41) is 10.1. The Bertz CT molecular complexity index is 518. The molecular formula is C19H30N2O2. The Hall–Kier alpha value is -1.39. The van der Waals surface area contributed by atoms with Crippen LogP contribution in [0.4, 0.5) is 0 Å². The second kappa shape index (κ2) is 8.46. The van der Waals surface area contributed by atoms with E-state index in [0.29, 0.717) is 19.0 Å². The molecular weight excluding hydrogens is 288 g/mol. The largest absolute Gasteiger partial charge is 0.393 e. The van der Waals surface area contributed by atoms with Crippen LogP contribution >= 0.6 is 0 Å². The summed E-state index contributed by atoms with van der Waals surface area (Å²) < 4.78 is 0. The lowest BCUT2D eigenvalue weighted by Crippen LogP contribution is -2.41. The van der Waals surface area contributed by atoms with Gasteiger partial charge in [0.25, 0.3) is 0 Å². The van der Waals surface area contributed by atoms with Crippen LogP contribution in [0.15, 0.2) is 24.3 Å². The summed E-state index contributed by atoms with van der Waals surface area (Å²) in [5.74, 6) is 0.435. The summed E-state index contributed by atoms with van der Waals surface area (Å²) in [4.78, 5) is 16.3. The number of likely N-dealkylation sites (N-methyl/N-ethyl adjacent to an activating group) is 2. The van der Waals surface area contributed by atoms with Crippen molar-refractivity contribution in [3.05, 3.63) is 35.4 Å². The molecule has 1 saturated carbocycles. The minimum atomic E-state index is -0.203. The van der Waals surface area contributed by atoms with E-state index >= 15 is 0 Å². The molecule has 4 heteroatoms. The SMILES string of the molecule is Cc1ccccc1CN(C)C(=O)CN(C)CC1CCCCC1O. The lowest BCUT2D eigenvalue weighted by molar-refractivity contribution is -0.131. The van der Waals surface area contributed by atoms with E-state index in [9.17, 15) is 9.90 Å². The number of aryl methyl sites for hydroxylation is 1. The number of aliphatic hydroxyl groups excluding tert-OH is 1. The maximum Gasteiger partial charge on any atom is 0.236 e. The van der Waals surface area contributed by atoms with Gasteiger partial charge in [0, 0.05) is 20.1 Å². The molecule has 2 rings (SSSR count). The van der Waals surface area contributed by atoms with Gasteiger partial charge >= 0.3 is 0 Å². The summed E-state index contributed by atoms with van der Waals surface area (Å²) in [5.41, 5.74) is 2.40. The van der Waals surface area contributed by atoms with E-state index in [1.54, 1.807) is 4.90 Å². The van der Waals surface area contributed by atoms with Gasteiger partial charge < -0.3 is 10.0 Å². The number of nitrogens with zero attached hydrogens (tertiary/aromatic N) is 2. The maximum absolute atomic E-state index is 12.4. The minimum absolute atomic E-state index is 0.126. The molecule has 0 radical (unpaired) electrons. The fraction of sp³-hybridized carbons (Fsp3) is 0.632. The van der Waals surface area contributed by atoms with E-state index < -0.39 is 0 Å². The van der Waals surface area contributed by atoms with Crippen LogP contribution in [0.3, 0.4) is 0 Å². The Labute approximate surface area is 140 Å². The number of benzene rings is 1. The van der Waals surface area contributed by atoms with Crippen LogP contribution < -0.4 is 0 Å². The third kappa shape index (κ3) is 5.33. The monoisotopic (exact) mass is 318 g/mol. The Morgan fingerprint density at radius 2 is 1.91 bits per heavy atom. The fourth-order valence-corrected chi connectivity index (χ4v) is 3.35. The highest BCUT2D eigenvalue weighted by atomic mass is 16.3. The number of carbonyl (C=O) groups is 1. The normalized spacial score (nSPS) is 21.4. The first kappa shape index (κ1) is 18.0. The number of amides is 1. The second-order valence-electron chi connectivity index (χ2n) is 6.98. The van der Waals surface area contributed by atoms with Crippen molar-refractivity contribution >= 4 is 5.91 Å². The average Bonchev–Trinajstić information content (AvgIpc) is 2.51. The molecule has 1 aromatic carbocycles. The minimum Gasteiger partial charge on any atom is -0.393 e. The van der Waals surface area contributed by atoms with E-state index in [1.165, 1.54) is 17.5 Å². The van der Waals surface area contributed by atoms with E-state index in [1.807, 2.05) is 26.2 Å². The zero-order chi connectivity index (χ0) is 16.8. The molecule has 128 valence electrons. The predicted molar refractivity (Wildman–Crippen MR) is 93.1 cm³/mol. The van der Waals surface area contributed by atoms with Crippen molar-refractivity contribution in [2.45, 2.75) is 45.3 Å². The lowest BCUT2D eigenvalue weighted by atomic mass is 9.86. The van der Waals surface area contributed by atoms with Crippen molar-refractivity contribution in [2.24, 2.45) is 5.92 Å². The van der Waals surface area contributed by atoms with Gasteiger partial charge in [0.1, 0.15) is 0 Å². The topological polar surface area (TPSA) is 43.8 Å². The molecule has 1 N–H and O–H groups in total. The molecule has 4 nitrogen and oxygen atoms in total. The van der Waals surface area contributed by atoms with Crippen LogP contribution in [-0.4, -0.2) is 54.1 Å². The van der Waals surface area contributed by atoms with Gasteiger partial charge in [-0.15, -0.1) is 0 Å². The molecule has 23 heavy (non-hydrogen) atoms. The Morgan fingerprint density at radius 3 is 2.61 bits per heavy atom. The van der Waals surface area contributed by atoms with Crippen LogP contribution in [0, 0.1) is 12.8 Å². The summed E-state index contributed by atoms with van der Waals surface area (Å²) in [6.07, 6.45) is 4.08. The lowest BCUT2D eigenvalue weighted by Gasteiger charge is -2.31. The first-order valence-corrected chi connectivity index (χ1v) is 8.62. The van der Waals surface area contributed by atoms with Crippen molar-refractivity contribution in [3.8, 4) is 0 Å². The van der Waals surface area contributed by atoms with Crippen LogP contribution in [-0.2, 0) is 11.3 Å². The molecule has 0 bridgehead atoms. The number of hydrogen-bond acceptors (Lipinski definition) is 3. The summed E-state index contributed by atoms with van der Waals surface area (Å²) in [6.45, 7) is 3.92. The molecule has 0 saturated heterocycles. The molecule has 0 aromatic heterocycles. The van der Waals surface area contributed by atoms with E-state index in [-0.39, 0.29) is 12.0 Å². The van der Waals surface area contributed by atoms with Gasteiger partial charge in [-0.25, -0.2) is 0 Å². The van der Waals surface area contributed by atoms with Gasteiger partial charge in [-0.05, 0) is 43.9 Å². The van der Waals surface area contributed by atoms with Gasteiger partial charge in [-0.3, -0.25) is 9.69 Å². The van der Waals surface area contributed by atoms with Gasteiger partial charge in [-0.2, -0.15) is 0 Å². The van der Waals surface area contributed by atoms with E-state index in [4.69, 9.17) is 0 Å². The van der Waals surface area contributed by atoms with Gasteiger partial charge in [0.15, 0.2) is 0 Å². The van der Waals surface area contributed by atoms with Gasteiger partial charge in [0.05, 0.1) is 12.6 Å². The average molecular weight is 318 g/mol. The molecule has 1 fully saturated rings. The first-order valence-electron chi connectivity index (χ1n) is 8.62. The first-order chi connectivity index (χ1) is 11.0. The third-order valence-corrected chi connectivity index (χ3v) is 4.91. The highest BCUT2D eigenvalue weighted by Crippen LogP contribution is 2.24. The van der Waals surface area contributed by atoms with Crippen molar-refractivity contribution in [1.82, 2.24) is 9.80 Å². The number of aliphatic hydroxyl groups is 1. The van der Waals surface area contributed by atoms with Crippen LogP contribution in [0.1, 0.15) is 36.8 Å². The van der Waals surface area contributed by atoms with Crippen molar-refractivity contribution in [3.63, 3.8) is 0 Å². The smallest absolute Gasteiger partial charge is 0.236 e. The molecule has 2 atom stereocenters. The van der Waals surface area contributed by atoms with Crippen LogP contribution in [0.25, 0.3) is 0 Å². The quantitative estimate of drug-likeness (QED) is 0.876. The van der Waals surface area contributed by atoms with Gasteiger partial charge in [0.2, 0.25) is 5.91 Å². The summed E-state index contributed by atoms with van der Waals surface area (Å²) in [7, 11) is 3.83. The molecule has 0 aliphatic heterocycles. The Kier molecular flexibility index (Phi) is 6.60. The molecule has 0 spiro atoms. The number of hydrogen-bond donors (Lipinski definition) is 1. The number of carbonyl (C=O) groups excluding carboxylic acids is 1. The molecule has 1 amide bonds. The third-order valence-electron chi connectivity index (χ3n) is 4.91. The molecule has 1 aliphatic carbocycles. The standard InChI is InChI=1S/C19H30N2O2/c1-15-8-4-5-9-16(15)13-21(3)19(23)14-20(2)12-17-10-6-7-11-18(17)22/h4-5,8-9,17-18,22H,6-7,10-14H2,1-3H3. The predicted octanol–water partition coefficient (Wildman–Crippen LogP) is 2.44. The van der Waals surface area contributed by atoms with E-state index in [2.05, 4.69) is 24.0 Å². The maximum atomic E-state index is 12.4. The number of rotatable bonds is 6. The second-order valence-corrected chi connectivity index (χ2v) is 6.98. The zero-order valence-corrected chi connectivity index (χ0v) is 14.7. The molecule has 2 unspecified atom stereocenters. The summed E-state index contributed by atoms with van der Waals surface area (Å²) in [6, 6.07) is 8.17. The van der Waals surface area contributed by atoms with Crippen LogP contribution in [0.5, 0.6) is 0 Å². The highest BCUT2D eigenvalue weighted by molar-refractivity contribution is 5.78. The van der Waals surface area contributed by atoms with Gasteiger partial charge in [-0.1, -0.05) is 37.1 Å². The van der Waals surface area contributed by atoms with E-state index in [0.717, 1.165) is 25.8 Å². The Morgan fingerprint density at radius 1 is 1.22 bits per heavy atom. The van der Waals surface area contributed by atoms with Crippen LogP contribution in [0.2, 0.25) is 0 Å². The molecule has 1 aliphatic rings. The molecule has 0 heterocycles. The molecule has 1 aromatic rings. The van der Waals surface area contributed by atoms with Crippen molar-refractivity contribution in [2.75, 3.05) is 27.2 Å². The zero-order valence-electron chi connectivity index (χ0n) is 14.7. The fourth-order valence-electron chi connectivity index (χ4n) is 3.35.